The quantitative estimate of drug-likeness (QED) is 0.784. The third kappa shape index (κ3) is 3.93. The zero-order chi connectivity index (χ0) is 16.2. The van der Waals surface area contributed by atoms with E-state index in [2.05, 4.69) is 10.6 Å². The SMILES string of the molecule is O=C(N[C@@H]1CCCOc2cc(F)ccc21)N[C@@H]1CCCC[C@H]1O. The molecule has 1 aromatic rings. The van der Waals surface area contributed by atoms with Crippen molar-refractivity contribution in [3.8, 4) is 5.75 Å². The van der Waals surface area contributed by atoms with Gasteiger partial charge in [0.05, 0.1) is 24.8 Å². The number of halogens is 1. The Kier molecular flexibility index (Phi) is 5.00. The zero-order valence-electron chi connectivity index (χ0n) is 13.1. The summed E-state index contributed by atoms with van der Waals surface area (Å²) >= 11 is 0. The number of rotatable bonds is 2. The molecule has 2 amide bonds. The maximum atomic E-state index is 13.4. The van der Waals surface area contributed by atoms with Crippen molar-refractivity contribution in [1.82, 2.24) is 10.6 Å². The van der Waals surface area contributed by atoms with Crippen molar-refractivity contribution >= 4 is 6.03 Å². The van der Waals surface area contributed by atoms with Crippen LogP contribution in [0.3, 0.4) is 0 Å². The summed E-state index contributed by atoms with van der Waals surface area (Å²) in [6.45, 7) is 0.511. The lowest BCUT2D eigenvalue weighted by molar-refractivity contribution is 0.0940. The van der Waals surface area contributed by atoms with Crippen LogP contribution in [0.2, 0.25) is 0 Å². The molecule has 1 heterocycles. The summed E-state index contributed by atoms with van der Waals surface area (Å²) in [5, 5.41) is 15.8. The van der Waals surface area contributed by atoms with E-state index in [4.69, 9.17) is 4.74 Å². The Hall–Kier alpha value is -1.82. The highest BCUT2D eigenvalue weighted by molar-refractivity contribution is 5.75. The van der Waals surface area contributed by atoms with Gasteiger partial charge in [0.25, 0.3) is 0 Å². The number of hydrogen-bond donors (Lipinski definition) is 3. The van der Waals surface area contributed by atoms with Crippen LogP contribution in [0.1, 0.15) is 50.1 Å². The highest BCUT2D eigenvalue weighted by atomic mass is 19.1. The maximum Gasteiger partial charge on any atom is 0.315 e. The normalized spacial score (nSPS) is 27.3. The van der Waals surface area contributed by atoms with Crippen LogP contribution in [-0.2, 0) is 0 Å². The van der Waals surface area contributed by atoms with E-state index in [0.29, 0.717) is 12.4 Å². The average molecular weight is 322 g/mol. The van der Waals surface area contributed by atoms with Gasteiger partial charge < -0.3 is 20.5 Å². The lowest BCUT2D eigenvalue weighted by Crippen LogP contribution is -2.49. The Bertz CT molecular complexity index is 567. The molecule has 3 rings (SSSR count). The number of fused-ring (bicyclic) bond motifs is 1. The molecule has 0 saturated heterocycles. The number of carbonyl (C=O) groups is 1. The molecule has 3 N–H and O–H groups in total. The molecule has 2 aliphatic rings. The molecule has 23 heavy (non-hydrogen) atoms. The van der Waals surface area contributed by atoms with E-state index >= 15 is 0 Å². The van der Waals surface area contributed by atoms with Crippen LogP contribution in [0.5, 0.6) is 5.75 Å². The van der Waals surface area contributed by atoms with E-state index < -0.39 is 6.10 Å². The fourth-order valence-electron chi connectivity index (χ4n) is 3.34. The molecule has 1 aromatic carbocycles. The summed E-state index contributed by atoms with van der Waals surface area (Å²) in [6.07, 6.45) is 4.58. The minimum absolute atomic E-state index is 0.196. The molecule has 1 fully saturated rings. The van der Waals surface area contributed by atoms with Gasteiger partial charge in [-0.3, -0.25) is 0 Å². The Labute approximate surface area is 135 Å². The van der Waals surface area contributed by atoms with Crippen LogP contribution < -0.4 is 15.4 Å². The first-order valence-electron chi connectivity index (χ1n) is 8.31. The van der Waals surface area contributed by atoms with Crippen LogP contribution in [0.4, 0.5) is 9.18 Å². The molecule has 0 bridgehead atoms. The van der Waals surface area contributed by atoms with Crippen molar-refractivity contribution in [3.63, 3.8) is 0 Å². The fraction of sp³-hybridized carbons (Fsp3) is 0.588. The number of benzene rings is 1. The molecule has 1 aliphatic carbocycles. The van der Waals surface area contributed by atoms with E-state index in [0.717, 1.165) is 44.1 Å². The third-order valence-electron chi connectivity index (χ3n) is 4.60. The number of carbonyl (C=O) groups excluding carboxylic acids is 1. The summed E-state index contributed by atoms with van der Waals surface area (Å²) in [7, 11) is 0. The first kappa shape index (κ1) is 16.1. The average Bonchev–Trinajstić information content (AvgIpc) is 2.71. The second-order valence-electron chi connectivity index (χ2n) is 6.30. The van der Waals surface area contributed by atoms with Crippen molar-refractivity contribution < 1.29 is 19.0 Å². The summed E-state index contributed by atoms with van der Waals surface area (Å²) in [4.78, 5) is 12.3. The molecule has 1 aliphatic heterocycles. The fourth-order valence-corrected chi connectivity index (χ4v) is 3.34. The van der Waals surface area contributed by atoms with Gasteiger partial charge in [0.2, 0.25) is 0 Å². The van der Waals surface area contributed by atoms with Crippen LogP contribution in [0, 0.1) is 5.82 Å². The largest absolute Gasteiger partial charge is 0.493 e. The van der Waals surface area contributed by atoms with E-state index in [-0.39, 0.29) is 23.9 Å². The number of aliphatic hydroxyl groups excluding tert-OH is 1. The minimum atomic E-state index is -0.478. The lowest BCUT2D eigenvalue weighted by atomic mass is 9.93. The molecular weight excluding hydrogens is 299 g/mol. The Morgan fingerprint density at radius 2 is 2.00 bits per heavy atom. The van der Waals surface area contributed by atoms with Crippen molar-refractivity contribution in [1.29, 1.82) is 0 Å². The van der Waals surface area contributed by atoms with Gasteiger partial charge in [-0.05, 0) is 31.7 Å². The first-order valence-corrected chi connectivity index (χ1v) is 8.31. The molecular formula is C17H23FN2O3. The Morgan fingerprint density at radius 3 is 2.83 bits per heavy atom. The lowest BCUT2D eigenvalue weighted by Gasteiger charge is -2.29. The molecule has 5 nitrogen and oxygen atoms in total. The molecule has 126 valence electrons. The van der Waals surface area contributed by atoms with E-state index in [9.17, 15) is 14.3 Å². The third-order valence-corrected chi connectivity index (χ3v) is 4.60. The van der Waals surface area contributed by atoms with Gasteiger partial charge in [0.1, 0.15) is 11.6 Å². The molecule has 0 radical (unpaired) electrons. The molecule has 1 saturated carbocycles. The number of urea groups is 1. The van der Waals surface area contributed by atoms with Crippen molar-refractivity contribution in [2.75, 3.05) is 6.61 Å². The number of aliphatic hydroxyl groups is 1. The number of amides is 2. The van der Waals surface area contributed by atoms with Gasteiger partial charge in [0.15, 0.2) is 0 Å². The van der Waals surface area contributed by atoms with Crippen molar-refractivity contribution in [2.24, 2.45) is 0 Å². The Balaban J connectivity index is 1.66. The standard InChI is InChI=1S/C17H23FN2O3/c18-11-7-8-12-13(5-3-9-23-16(12)10-11)19-17(22)20-14-4-1-2-6-15(14)21/h7-8,10,13-15,21H,1-6,9H2,(H2,19,20,22)/t13-,14-,15-/m1/s1. The van der Waals surface area contributed by atoms with Gasteiger partial charge in [-0.25, -0.2) is 9.18 Å². The summed E-state index contributed by atoms with van der Waals surface area (Å²) < 4.78 is 18.9. The van der Waals surface area contributed by atoms with Gasteiger partial charge in [-0.15, -0.1) is 0 Å². The minimum Gasteiger partial charge on any atom is -0.493 e. The van der Waals surface area contributed by atoms with Gasteiger partial charge in [0, 0.05) is 11.6 Å². The summed E-state index contributed by atoms with van der Waals surface area (Å²) in [6, 6.07) is 3.70. The van der Waals surface area contributed by atoms with Crippen LogP contribution in [-0.4, -0.2) is 29.9 Å². The smallest absolute Gasteiger partial charge is 0.315 e. The number of nitrogens with one attached hydrogen (secondary N) is 2. The highest BCUT2D eigenvalue weighted by Gasteiger charge is 2.27. The molecule has 0 unspecified atom stereocenters. The van der Waals surface area contributed by atoms with Gasteiger partial charge >= 0.3 is 6.03 Å². The maximum absolute atomic E-state index is 13.4. The monoisotopic (exact) mass is 322 g/mol. The summed E-state index contributed by atoms with van der Waals surface area (Å²) in [5.74, 6) is 0.143. The summed E-state index contributed by atoms with van der Waals surface area (Å²) in [5.41, 5.74) is 0.795. The predicted molar refractivity (Wildman–Crippen MR) is 83.8 cm³/mol. The highest BCUT2D eigenvalue weighted by Crippen LogP contribution is 2.32. The van der Waals surface area contributed by atoms with Gasteiger partial charge in [-0.2, -0.15) is 0 Å². The number of hydrogen-bond acceptors (Lipinski definition) is 3. The molecule has 6 heteroatoms. The van der Waals surface area contributed by atoms with Gasteiger partial charge in [-0.1, -0.05) is 18.9 Å². The number of ether oxygens (including phenoxy) is 1. The Morgan fingerprint density at radius 1 is 1.17 bits per heavy atom. The predicted octanol–water partition coefficient (Wildman–Crippen LogP) is 2.64. The van der Waals surface area contributed by atoms with Crippen LogP contribution in [0.25, 0.3) is 0 Å². The molecule has 0 spiro atoms. The zero-order valence-corrected chi connectivity index (χ0v) is 13.1. The van der Waals surface area contributed by atoms with Crippen LogP contribution >= 0.6 is 0 Å². The van der Waals surface area contributed by atoms with E-state index in [1.165, 1.54) is 12.1 Å². The van der Waals surface area contributed by atoms with E-state index in [1.807, 2.05) is 0 Å². The van der Waals surface area contributed by atoms with E-state index in [1.54, 1.807) is 6.07 Å². The van der Waals surface area contributed by atoms with Crippen molar-refractivity contribution in [2.45, 2.75) is 56.7 Å². The van der Waals surface area contributed by atoms with Crippen LogP contribution in [0.15, 0.2) is 18.2 Å². The topological polar surface area (TPSA) is 70.6 Å². The first-order chi connectivity index (χ1) is 11.1. The molecule has 0 aromatic heterocycles. The molecule has 3 atom stereocenters. The second-order valence-corrected chi connectivity index (χ2v) is 6.30. The second kappa shape index (κ2) is 7.17. The van der Waals surface area contributed by atoms with Crippen molar-refractivity contribution in [3.05, 3.63) is 29.6 Å².